The molecule has 0 unspecified atom stereocenters. The molecule has 1 fully saturated rings. The quantitative estimate of drug-likeness (QED) is 0.318. The van der Waals surface area contributed by atoms with Crippen LogP contribution in [-0.4, -0.2) is 67.5 Å². The Hall–Kier alpha value is -3.28. The number of carbonyl (C=O) groups is 2. The van der Waals surface area contributed by atoms with E-state index < -0.39 is 5.82 Å². The second-order valence-electron chi connectivity index (χ2n) is 8.29. The number of amides is 2. The van der Waals surface area contributed by atoms with E-state index in [1.54, 1.807) is 44.0 Å². The number of rotatable bonds is 6. The highest BCUT2D eigenvalue weighted by atomic mass is 35.5. The third kappa shape index (κ3) is 5.39. The molecule has 0 atom stereocenters. The van der Waals surface area contributed by atoms with Gasteiger partial charge < -0.3 is 9.80 Å². The molecule has 0 spiro atoms. The number of para-hydroxylation sites is 1. The average molecular weight is 557 g/mol. The van der Waals surface area contributed by atoms with Crippen LogP contribution in [0.3, 0.4) is 0 Å². The number of hydrogen-bond donors (Lipinski definition) is 0. The second kappa shape index (κ2) is 11.0. The molecule has 0 bridgehead atoms. The SMILES string of the molecule is CC(=O)N1CCN(C(=O)c2csc(CSc3nnc(-c4ccccc4Cl)n3-c3ccccc3F)n2)CC1. The fourth-order valence-electron chi connectivity index (χ4n) is 4.02. The molecule has 5 rings (SSSR count). The van der Waals surface area contributed by atoms with Gasteiger partial charge in [-0.05, 0) is 24.3 Å². The van der Waals surface area contributed by atoms with E-state index in [4.69, 9.17) is 11.6 Å². The monoisotopic (exact) mass is 556 g/mol. The van der Waals surface area contributed by atoms with E-state index in [0.717, 1.165) is 5.01 Å². The number of halogens is 2. The standard InChI is InChI=1S/C25H22ClFN6O2S2/c1-16(34)31-10-12-32(13-11-31)24(35)20-14-36-22(28-20)15-37-25-30-29-23(17-6-2-3-7-18(17)26)33(25)21-9-5-4-8-19(21)27/h2-9,14H,10-13,15H2,1H3. The van der Waals surface area contributed by atoms with E-state index in [9.17, 15) is 14.0 Å². The molecule has 2 aromatic carbocycles. The number of hydrogen-bond acceptors (Lipinski definition) is 7. The Bertz CT molecular complexity index is 1450. The van der Waals surface area contributed by atoms with Crippen molar-refractivity contribution in [2.75, 3.05) is 26.2 Å². The molecule has 1 aliphatic rings. The summed E-state index contributed by atoms with van der Waals surface area (Å²) in [4.78, 5) is 32.4. The topological polar surface area (TPSA) is 84.2 Å². The Morgan fingerprint density at radius 2 is 1.73 bits per heavy atom. The van der Waals surface area contributed by atoms with Gasteiger partial charge in [0.05, 0.1) is 16.5 Å². The maximum absolute atomic E-state index is 14.8. The highest BCUT2D eigenvalue weighted by Gasteiger charge is 2.25. The van der Waals surface area contributed by atoms with E-state index in [1.807, 2.05) is 18.2 Å². The van der Waals surface area contributed by atoms with E-state index in [2.05, 4.69) is 15.2 Å². The minimum Gasteiger partial charge on any atom is -0.339 e. The number of carbonyl (C=O) groups excluding carboxylic acids is 2. The van der Waals surface area contributed by atoms with Gasteiger partial charge in [0, 0.05) is 44.0 Å². The highest BCUT2D eigenvalue weighted by Crippen LogP contribution is 2.34. The molecule has 4 aromatic rings. The van der Waals surface area contributed by atoms with Gasteiger partial charge in [0.2, 0.25) is 5.91 Å². The van der Waals surface area contributed by atoms with Crippen molar-refractivity contribution in [3.63, 3.8) is 0 Å². The lowest BCUT2D eigenvalue weighted by molar-refractivity contribution is -0.130. The molecule has 0 saturated carbocycles. The van der Waals surface area contributed by atoms with Crippen molar-refractivity contribution in [1.29, 1.82) is 0 Å². The summed E-state index contributed by atoms with van der Waals surface area (Å²) in [6, 6.07) is 13.6. The summed E-state index contributed by atoms with van der Waals surface area (Å²) in [5, 5.41) is 12.1. The largest absolute Gasteiger partial charge is 0.339 e. The number of piperazine rings is 1. The van der Waals surface area contributed by atoms with Crippen molar-refractivity contribution in [2.24, 2.45) is 0 Å². The van der Waals surface area contributed by atoms with Crippen molar-refractivity contribution in [3.05, 3.63) is 75.5 Å². The zero-order chi connectivity index (χ0) is 25.9. The van der Waals surface area contributed by atoms with Crippen LogP contribution in [0.2, 0.25) is 5.02 Å². The zero-order valence-corrected chi connectivity index (χ0v) is 22.2. The molecule has 0 radical (unpaired) electrons. The van der Waals surface area contributed by atoms with Crippen LogP contribution in [0.1, 0.15) is 22.4 Å². The molecule has 3 heterocycles. The molecule has 0 N–H and O–H groups in total. The van der Waals surface area contributed by atoms with Crippen molar-refractivity contribution in [2.45, 2.75) is 17.8 Å². The predicted octanol–water partition coefficient (Wildman–Crippen LogP) is 4.78. The Balaban J connectivity index is 1.35. The first kappa shape index (κ1) is 25.4. The average Bonchev–Trinajstić information content (AvgIpc) is 3.55. The van der Waals surface area contributed by atoms with Crippen LogP contribution in [0.15, 0.2) is 59.1 Å². The van der Waals surface area contributed by atoms with Crippen molar-refractivity contribution >= 4 is 46.5 Å². The van der Waals surface area contributed by atoms with Gasteiger partial charge in [-0.3, -0.25) is 14.2 Å². The summed E-state index contributed by atoms with van der Waals surface area (Å²) in [7, 11) is 0. The van der Waals surface area contributed by atoms with Gasteiger partial charge in [-0.25, -0.2) is 9.37 Å². The Labute approximate surface area is 226 Å². The number of benzene rings is 2. The van der Waals surface area contributed by atoms with Gasteiger partial charge in [0.25, 0.3) is 5.91 Å². The molecule has 0 aliphatic carbocycles. The summed E-state index contributed by atoms with van der Waals surface area (Å²) in [6.07, 6.45) is 0. The van der Waals surface area contributed by atoms with Gasteiger partial charge in [-0.1, -0.05) is 47.6 Å². The maximum atomic E-state index is 14.8. The molecule has 2 aromatic heterocycles. The smallest absolute Gasteiger partial charge is 0.273 e. The van der Waals surface area contributed by atoms with Crippen molar-refractivity contribution < 1.29 is 14.0 Å². The minimum atomic E-state index is -0.413. The summed E-state index contributed by atoms with van der Waals surface area (Å²) in [6.45, 7) is 3.54. The van der Waals surface area contributed by atoms with Crippen molar-refractivity contribution in [1.82, 2.24) is 29.5 Å². The first-order chi connectivity index (χ1) is 17.9. The van der Waals surface area contributed by atoms with E-state index in [-0.39, 0.29) is 11.8 Å². The predicted molar refractivity (Wildman–Crippen MR) is 142 cm³/mol. The lowest BCUT2D eigenvalue weighted by Crippen LogP contribution is -2.50. The zero-order valence-electron chi connectivity index (χ0n) is 19.8. The van der Waals surface area contributed by atoms with Gasteiger partial charge in [0.1, 0.15) is 16.5 Å². The summed E-state index contributed by atoms with van der Waals surface area (Å²) in [5.74, 6) is 0.306. The third-order valence-electron chi connectivity index (χ3n) is 5.95. The fraction of sp³-hybridized carbons (Fsp3) is 0.240. The van der Waals surface area contributed by atoms with Crippen molar-refractivity contribution in [3.8, 4) is 17.1 Å². The molecule has 2 amide bonds. The Morgan fingerprint density at radius 1 is 1.03 bits per heavy atom. The Morgan fingerprint density at radius 3 is 2.46 bits per heavy atom. The minimum absolute atomic E-state index is 0.0148. The van der Waals surface area contributed by atoms with Crippen LogP contribution >= 0.6 is 34.7 Å². The lowest BCUT2D eigenvalue weighted by Gasteiger charge is -2.33. The lowest BCUT2D eigenvalue weighted by atomic mass is 10.2. The Kier molecular flexibility index (Phi) is 7.54. The molecular weight excluding hydrogens is 535 g/mol. The molecular formula is C25H22ClFN6O2S2. The number of aromatic nitrogens is 4. The fourth-order valence-corrected chi connectivity index (χ4v) is 5.97. The van der Waals surface area contributed by atoms with Gasteiger partial charge in [-0.15, -0.1) is 21.5 Å². The molecule has 8 nitrogen and oxygen atoms in total. The molecule has 190 valence electrons. The van der Waals surface area contributed by atoms with E-state index in [1.165, 1.54) is 36.1 Å². The van der Waals surface area contributed by atoms with Crippen LogP contribution in [0, 0.1) is 5.82 Å². The van der Waals surface area contributed by atoms with Crippen LogP contribution in [0.25, 0.3) is 17.1 Å². The van der Waals surface area contributed by atoms with Crippen LogP contribution in [0.5, 0.6) is 0 Å². The van der Waals surface area contributed by atoms with Crippen LogP contribution in [0.4, 0.5) is 4.39 Å². The highest BCUT2D eigenvalue weighted by molar-refractivity contribution is 7.98. The van der Waals surface area contributed by atoms with Gasteiger partial charge >= 0.3 is 0 Å². The third-order valence-corrected chi connectivity index (χ3v) is 8.25. The second-order valence-corrected chi connectivity index (χ2v) is 10.6. The summed E-state index contributed by atoms with van der Waals surface area (Å²) >= 11 is 9.14. The molecule has 1 aliphatic heterocycles. The summed E-state index contributed by atoms with van der Waals surface area (Å²) < 4.78 is 16.5. The molecule has 1 saturated heterocycles. The number of thiazole rings is 1. The summed E-state index contributed by atoms with van der Waals surface area (Å²) in [5.41, 5.74) is 1.33. The first-order valence-electron chi connectivity index (χ1n) is 11.5. The van der Waals surface area contributed by atoms with Gasteiger partial charge in [-0.2, -0.15) is 0 Å². The normalized spacial score (nSPS) is 13.7. The van der Waals surface area contributed by atoms with Gasteiger partial charge in [0.15, 0.2) is 11.0 Å². The number of thioether (sulfide) groups is 1. The van der Waals surface area contributed by atoms with E-state index in [0.29, 0.717) is 64.9 Å². The first-order valence-corrected chi connectivity index (χ1v) is 13.7. The molecule has 12 heteroatoms. The van der Waals surface area contributed by atoms with E-state index >= 15 is 0 Å². The number of nitrogens with zero attached hydrogens (tertiary/aromatic N) is 6. The van der Waals surface area contributed by atoms with Crippen LogP contribution < -0.4 is 0 Å². The van der Waals surface area contributed by atoms with Crippen LogP contribution in [-0.2, 0) is 10.5 Å². The molecule has 37 heavy (non-hydrogen) atoms. The maximum Gasteiger partial charge on any atom is 0.273 e.